The zero-order valence-electron chi connectivity index (χ0n) is 22.5. The summed E-state index contributed by atoms with van der Waals surface area (Å²) < 4.78 is 0. The van der Waals surface area contributed by atoms with Crippen LogP contribution in [-0.2, 0) is 16.0 Å². The van der Waals surface area contributed by atoms with Crippen LogP contribution in [0.4, 0.5) is 11.6 Å². The van der Waals surface area contributed by atoms with Gasteiger partial charge in [0.1, 0.15) is 30.0 Å². The van der Waals surface area contributed by atoms with Gasteiger partial charge in [0.25, 0.3) is 5.91 Å². The van der Waals surface area contributed by atoms with Crippen LogP contribution in [0.15, 0.2) is 30.7 Å². The molecule has 2 aromatic heterocycles. The Morgan fingerprint density at radius 3 is 2.37 bits per heavy atom. The molecule has 11 nitrogen and oxygen atoms in total. The zero-order valence-corrected chi connectivity index (χ0v) is 22.5. The lowest BCUT2D eigenvalue weighted by molar-refractivity contribution is -0.142. The van der Waals surface area contributed by atoms with Crippen LogP contribution in [0.25, 0.3) is 0 Å². The molecule has 1 fully saturated rings. The Bertz CT molecular complexity index is 1090. The van der Waals surface area contributed by atoms with E-state index in [0.29, 0.717) is 24.0 Å². The maximum absolute atomic E-state index is 12.9. The number of pyridine rings is 1. The van der Waals surface area contributed by atoms with Gasteiger partial charge in [-0.15, -0.1) is 0 Å². The summed E-state index contributed by atoms with van der Waals surface area (Å²) in [4.78, 5) is 50.3. The van der Waals surface area contributed by atoms with Gasteiger partial charge in [-0.1, -0.05) is 27.7 Å². The highest BCUT2D eigenvalue weighted by Crippen LogP contribution is 2.19. The van der Waals surface area contributed by atoms with Crippen molar-refractivity contribution in [3.63, 3.8) is 0 Å². The maximum Gasteiger partial charge on any atom is 0.326 e. The largest absolute Gasteiger partial charge is 0.480 e. The standard InChI is InChI=1S/C27H39N7O4/c1-16(2)11-21(27(37)38)32-26(36)24(17(3)4)34-25(35)19-5-6-22(29-14-19)33-23-13-20(30-15-31-23)12-18-7-9-28-10-8-18/h5-6,13-18,21,24,28H,7-12H2,1-4H3,(H,32,36)(H,34,35)(H,37,38)(H,29,30,31,33)/t21-,24-/m0/s1. The molecule has 1 aliphatic heterocycles. The van der Waals surface area contributed by atoms with Gasteiger partial charge in [-0.3, -0.25) is 9.59 Å². The third-order valence-corrected chi connectivity index (χ3v) is 6.52. The van der Waals surface area contributed by atoms with Crippen LogP contribution in [0.1, 0.15) is 63.0 Å². The van der Waals surface area contributed by atoms with Gasteiger partial charge in [-0.2, -0.15) is 0 Å². The van der Waals surface area contributed by atoms with Gasteiger partial charge in [-0.25, -0.2) is 19.7 Å². The molecule has 0 saturated carbocycles. The summed E-state index contributed by atoms with van der Waals surface area (Å²) in [6.45, 7) is 9.41. The molecule has 0 aromatic carbocycles. The molecule has 0 bridgehead atoms. The summed E-state index contributed by atoms with van der Waals surface area (Å²) >= 11 is 0. The minimum absolute atomic E-state index is 0.0880. The molecule has 0 spiro atoms. The Balaban J connectivity index is 1.60. The highest BCUT2D eigenvalue weighted by Gasteiger charge is 2.29. The number of amides is 2. The molecule has 3 heterocycles. The molecule has 3 rings (SSSR count). The number of aliphatic carboxylic acids is 1. The van der Waals surface area contributed by atoms with Gasteiger partial charge in [0.15, 0.2) is 0 Å². The number of anilines is 2. The van der Waals surface area contributed by atoms with Gasteiger partial charge >= 0.3 is 5.97 Å². The Morgan fingerprint density at radius 1 is 1.03 bits per heavy atom. The number of carboxylic acid groups (broad SMARTS) is 1. The van der Waals surface area contributed by atoms with Crippen LogP contribution in [0.3, 0.4) is 0 Å². The molecule has 2 atom stereocenters. The van der Waals surface area contributed by atoms with Crippen molar-refractivity contribution < 1.29 is 19.5 Å². The number of rotatable bonds is 12. The number of hydrogen-bond acceptors (Lipinski definition) is 8. The van der Waals surface area contributed by atoms with Gasteiger partial charge < -0.3 is 26.4 Å². The van der Waals surface area contributed by atoms with Crippen LogP contribution in [0.5, 0.6) is 0 Å². The average molecular weight is 526 g/mol. The van der Waals surface area contributed by atoms with Crippen LogP contribution in [0, 0.1) is 17.8 Å². The van der Waals surface area contributed by atoms with Crippen molar-refractivity contribution in [3.05, 3.63) is 42.0 Å². The van der Waals surface area contributed by atoms with E-state index in [1.807, 2.05) is 19.9 Å². The van der Waals surface area contributed by atoms with Crippen molar-refractivity contribution in [1.82, 2.24) is 30.9 Å². The van der Waals surface area contributed by atoms with Gasteiger partial charge in [0.2, 0.25) is 5.91 Å². The zero-order chi connectivity index (χ0) is 27.7. The predicted molar refractivity (Wildman–Crippen MR) is 144 cm³/mol. The number of carboxylic acids is 1. The molecule has 206 valence electrons. The summed E-state index contributed by atoms with van der Waals surface area (Å²) in [5, 5.41) is 21.2. The van der Waals surface area contributed by atoms with Crippen molar-refractivity contribution in [2.24, 2.45) is 17.8 Å². The molecule has 1 aliphatic rings. The van der Waals surface area contributed by atoms with Crippen LogP contribution < -0.4 is 21.3 Å². The van der Waals surface area contributed by atoms with E-state index >= 15 is 0 Å². The first-order valence-corrected chi connectivity index (χ1v) is 13.2. The van der Waals surface area contributed by atoms with Gasteiger partial charge in [0, 0.05) is 18.0 Å². The van der Waals surface area contributed by atoms with Crippen molar-refractivity contribution >= 4 is 29.4 Å². The highest BCUT2D eigenvalue weighted by molar-refractivity contribution is 5.98. The van der Waals surface area contributed by atoms with Crippen molar-refractivity contribution in [2.45, 2.75) is 65.5 Å². The second kappa shape index (κ2) is 13.8. The van der Waals surface area contributed by atoms with Crippen molar-refractivity contribution in [2.75, 3.05) is 18.4 Å². The van der Waals surface area contributed by atoms with E-state index in [1.54, 1.807) is 26.0 Å². The molecular formula is C27H39N7O4. The SMILES string of the molecule is CC(C)C[C@H](NC(=O)[C@@H](NC(=O)c1ccc(Nc2cc(CC3CCNCC3)ncn2)nc1)C(C)C)C(=O)O. The van der Waals surface area contributed by atoms with E-state index in [-0.39, 0.29) is 17.4 Å². The lowest BCUT2D eigenvalue weighted by Crippen LogP contribution is -2.53. The van der Waals surface area contributed by atoms with Crippen molar-refractivity contribution in [3.8, 4) is 0 Å². The van der Waals surface area contributed by atoms with Gasteiger partial charge in [0.05, 0.1) is 5.56 Å². The van der Waals surface area contributed by atoms with E-state index in [4.69, 9.17) is 0 Å². The number of piperidine rings is 1. The normalized spacial score (nSPS) is 15.6. The Labute approximate surface area is 223 Å². The molecule has 2 amide bonds. The Morgan fingerprint density at radius 2 is 1.76 bits per heavy atom. The minimum Gasteiger partial charge on any atom is -0.480 e. The van der Waals surface area contributed by atoms with E-state index in [9.17, 15) is 19.5 Å². The summed E-state index contributed by atoms with van der Waals surface area (Å²) in [6.07, 6.45) is 6.42. The van der Waals surface area contributed by atoms with E-state index < -0.39 is 29.9 Å². The molecule has 2 aromatic rings. The molecule has 0 unspecified atom stereocenters. The van der Waals surface area contributed by atoms with Crippen molar-refractivity contribution in [1.29, 1.82) is 0 Å². The van der Waals surface area contributed by atoms with Crippen LogP contribution >= 0.6 is 0 Å². The fraction of sp³-hybridized carbons (Fsp3) is 0.556. The molecule has 11 heteroatoms. The molecule has 1 saturated heterocycles. The minimum atomic E-state index is -1.10. The lowest BCUT2D eigenvalue weighted by Gasteiger charge is -2.24. The highest BCUT2D eigenvalue weighted by atomic mass is 16.4. The Kier molecular flexibility index (Phi) is 10.5. The molecule has 0 aliphatic carbocycles. The molecular weight excluding hydrogens is 486 g/mol. The quantitative estimate of drug-likeness (QED) is 0.281. The number of aromatic nitrogens is 3. The fourth-order valence-corrected chi connectivity index (χ4v) is 4.41. The fourth-order valence-electron chi connectivity index (χ4n) is 4.41. The summed E-state index contributed by atoms with van der Waals surface area (Å²) in [5.74, 6) is -0.518. The number of hydrogen-bond donors (Lipinski definition) is 5. The average Bonchev–Trinajstić information content (AvgIpc) is 2.87. The smallest absolute Gasteiger partial charge is 0.326 e. The monoisotopic (exact) mass is 525 g/mol. The second-order valence-electron chi connectivity index (χ2n) is 10.6. The first-order chi connectivity index (χ1) is 18.1. The maximum atomic E-state index is 12.9. The first kappa shape index (κ1) is 29.0. The number of carbonyl (C=O) groups excluding carboxylic acids is 2. The molecule has 0 radical (unpaired) electrons. The Hall–Kier alpha value is -3.60. The second-order valence-corrected chi connectivity index (χ2v) is 10.6. The van der Waals surface area contributed by atoms with Gasteiger partial charge in [-0.05, 0) is 68.7 Å². The molecule has 38 heavy (non-hydrogen) atoms. The summed E-state index contributed by atoms with van der Waals surface area (Å²) in [6, 6.07) is 3.27. The topological polar surface area (TPSA) is 158 Å². The number of carbonyl (C=O) groups is 3. The number of nitrogens with zero attached hydrogens (tertiary/aromatic N) is 3. The summed E-state index contributed by atoms with van der Waals surface area (Å²) in [5.41, 5.74) is 1.25. The van der Waals surface area contributed by atoms with Crippen LogP contribution in [-0.4, -0.2) is 63.0 Å². The summed E-state index contributed by atoms with van der Waals surface area (Å²) in [7, 11) is 0. The van der Waals surface area contributed by atoms with E-state index in [1.165, 1.54) is 12.5 Å². The molecule has 5 N–H and O–H groups in total. The van der Waals surface area contributed by atoms with E-state index in [0.717, 1.165) is 38.0 Å². The third-order valence-electron chi connectivity index (χ3n) is 6.52. The van der Waals surface area contributed by atoms with E-state index in [2.05, 4.69) is 36.2 Å². The third kappa shape index (κ3) is 8.76. The predicted octanol–water partition coefficient (Wildman–Crippen LogP) is 2.53. The first-order valence-electron chi connectivity index (χ1n) is 13.2. The van der Waals surface area contributed by atoms with Crippen LogP contribution in [0.2, 0.25) is 0 Å². The number of nitrogens with one attached hydrogen (secondary N) is 4. The lowest BCUT2D eigenvalue weighted by atomic mass is 9.93.